The number of carbonyl (C=O) groups is 1. The third-order valence-electron chi connectivity index (χ3n) is 3.53. The van der Waals surface area contributed by atoms with Crippen molar-refractivity contribution < 1.29 is 9.21 Å². The largest absolute Gasteiger partial charge is 0.459 e. The van der Waals surface area contributed by atoms with Gasteiger partial charge in [0.2, 0.25) is 5.91 Å². The van der Waals surface area contributed by atoms with Gasteiger partial charge in [-0.25, -0.2) is 0 Å². The van der Waals surface area contributed by atoms with Gasteiger partial charge in [0, 0.05) is 15.1 Å². The van der Waals surface area contributed by atoms with Crippen LogP contribution in [0.3, 0.4) is 0 Å². The molecule has 0 aliphatic rings. The second kappa shape index (κ2) is 7.69. The molecule has 0 bridgehead atoms. The molecule has 1 heterocycles. The van der Waals surface area contributed by atoms with Crippen LogP contribution in [0.15, 0.2) is 69.6 Å². The lowest BCUT2D eigenvalue weighted by molar-refractivity contribution is -0.120. The first-order valence-electron chi connectivity index (χ1n) is 7.46. The van der Waals surface area contributed by atoms with E-state index < -0.39 is 0 Å². The van der Waals surface area contributed by atoms with Crippen LogP contribution >= 0.6 is 27.5 Å². The van der Waals surface area contributed by atoms with Gasteiger partial charge in [0.15, 0.2) is 0 Å². The van der Waals surface area contributed by atoms with E-state index in [1.807, 2.05) is 48.5 Å². The summed E-state index contributed by atoms with van der Waals surface area (Å²) in [5.74, 6) is 1.45. The molecule has 3 nitrogen and oxygen atoms in total. The Bertz CT molecular complexity index is 825. The smallest absolute Gasteiger partial charge is 0.224 e. The van der Waals surface area contributed by atoms with Gasteiger partial charge in [-0.05, 0) is 42.0 Å². The SMILES string of the molecule is O=C(Cc1ccc(Cl)cc1)NCc1ccc(-c2ccc(Br)cc2)o1. The first-order valence-corrected chi connectivity index (χ1v) is 8.63. The highest BCUT2D eigenvalue weighted by molar-refractivity contribution is 9.10. The predicted molar refractivity (Wildman–Crippen MR) is 98.8 cm³/mol. The Morgan fingerprint density at radius 3 is 2.42 bits per heavy atom. The number of benzene rings is 2. The van der Waals surface area contributed by atoms with Gasteiger partial charge in [0.05, 0.1) is 13.0 Å². The van der Waals surface area contributed by atoms with E-state index in [4.69, 9.17) is 16.0 Å². The molecule has 0 fully saturated rings. The molecule has 0 aliphatic carbocycles. The molecule has 3 aromatic rings. The van der Waals surface area contributed by atoms with Crippen molar-refractivity contribution in [2.45, 2.75) is 13.0 Å². The van der Waals surface area contributed by atoms with Crippen molar-refractivity contribution in [2.75, 3.05) is 0 Å². The standard InChI is InChI=1S/C19H15BrClNO2/c20-15-5-3-14(4-6-15)18-10-9-17(24-18)12-22-19(23)11-13-1-7-16(21)8-2-13/h1-10H,11-12H2,(H,22,23). The summed E-state index contributed by atoms with van der Waals surface area (Å²) >= 11 is 9.24. The average molecular weight is 405 g/mol. The van der Waals surface area contributed by atoms with Gasteiger partial charge in [-0.15, -0.1) is 0 Å². The Hall–Kier alpha value is -2.04. The highest BCUT2D eigenvalue weighted by Crippen LogP contribution is 2.23. The molecule has 0 spiro atoms. The minimum Gasteiger partial charge on any atom is -0.459 e. The van der Waals surface area contributed by atoms with Gasteiger partial charge in [-0.2, -0.15) is 0 Å². The molecule has 5 heteroatoms. The van der Waals surface area contributed by atoms with Crippen molar-refractivity contribution in [3.05, 3.63) is 81.5 Å². The molecule has 122 valence electrons. The number of amides is 1. The van der Waals surface area contributed by atoms with E-state index in [0.717, 1.165) is 27.1 Å². The highest BCUT2D eigenvalue weighted by Gasteiger charge is 2.07. The van der Waals surface area contributed by atoms with Crippen LogP contribution in [0.4, 0.5) is 0 Å². The Balaban J connectivity index is 1.56. The number of hydrogen-bond acceptors (Lipinski definition) is 2. The number of halogens is 2. The molecule has 3 rings (SSSR count). The van der Waals surface area contributed by atoms with Crippen molar-refractivity contribution in [1.29, 1.82) is 0 Å². The Morgan fingerprint density at radius 2 is 1.71 bits per heavy atom. The van der Waals surface area contributed by atoms with Crippen LogP contribution in [0.1, 0.15) is 11.3 Å². The molecule has 0 radical (unpaired) electrons. The maximum atomic E-state index is 12.0. The zero-order valence-electron chi connectivity index (χ0n) is 12.8. The van der Waals surface area contributed by atoms with Crippen molar-refractivity contribution in [2.24, 2.45) is 0 Å². The van der Waals surface area contributed by atoms with E-state index in [0.29, 0.717) is 18.0 Å². The molecule has 2 aromatic carbocycles. The maximum Gasteiger partial charge on any atom is 0.224 e. The molecular weight excluding hydrogens is 390 g/mol. The molecule has 1 amide bonds. The quantitative estimate of drug-likeness (QED) is 0.633. The summed E-state index contributed by atoms with van der Waals surface area (Å²) in [4.78, 5) is 12.0. The monoisotopic (exact) mass is 403 g/mol. The fourth-order valence-corrected chi connectivity index (χ4v) is 2.67. The molecule has 0 saturated carbocycles. The molecule has 1 aromatic heterocycles. The van der Waals surface area contributed by atoms with Crippen molar-refractivity contribution in [3.8, 4) is 11.3 Å². The summed E-state index contributed by atoms with van der Waals surface area (Å²) in [6, 6.07) is 18.9. The van der Waals surface area contributed by atoms with E-state index in [1.54, 1.807) is 12.1 Å². The number of furan rings is 1. The van der Waals surface area contributed by atoms with Crippen LogP contribution < -0.4 is 5.32 Å². The average Bonchev–Trinajstić information content (AvgIpc) is 3.05. The summed E-state index contributed by atoms with van der Waals surface area (Å²) in [5.41, 5.74) is 1.92. The maximum absolute atomic E-state index is 12.0. The van der Waals surface area contributed by atoms with Crippen LogP contribution in [0.2, 0.25) is 5.02 Å². The Morgan fingerprint density at radius 1 is 1.00 bits per heavy atom. The minimum atomic E-state index is -0.0566. The van der Waals surface area contributed by atoms with E-state index in [-0.39, 0.29) is 5.91 Å². The van der Waals surface area contributed by atoms with E-state index in [2.05, 4.69) is 21.2 Å². The van der Waals surface area contributed by atoms with Crippen LogP contribution in [0.5, 0.6) is 0 Å². The number of nitrogens with one attached hydrogen (secondary N) is 1. The van der Waals surface area contributed by atoms with E-state index in [1.165, 1.54) is 0 Å². The fourth-order valence-electron chi connectivity index (χ4n) is 2.28. The van der Waals surface area contributed by atoms with E-state index in [9.17, 15) is 4.79 Å². The third-order valence-corrected chi connectivity index (χ3v) is 4.31. The number of carbonyl (C=O) groups excluding carboxylic acids is 1. The molecule has 24 heavy (non-hydrogen) atoms. The molecular formula is C19H15BrClNO2. The zero-order chi connectivity index (χ0) is 16.9. The lowest BCUT2D eigenvalue weighted by Gasteiger charge is -2.04. The molecule has 0 aliphatic heterocycles. The summed E-state index contributed by atoms with van der Waals surface area (Å²) in [5, 5.41) is 3.53. The third kappa shape index (κ3) is 4.49. The van der Waals surface area contributed by atoms with Crippen LogP contribution in [0.25, 0.3) is 11.3 Å². The molecule has 0 saturated heterocycles. The summed E-state index contributed by atoms with van der Waals surface area (Å²) in [6.45, 7) is 0.364. The van der Waals surface area contributed by atoms with Gasteiger partial charge in [0.25, 0.3) is 0 Å². The van der Waals surface area contributed by atoms with E-state index >= 15 is 0 Å². The molecule has 0 unspecified atom stereocenters. The summed E-state index contributed by atoms with van der Waals surface area (Å²) < 4.78 is 6.80. The van der Waals surface area contributed by atoms with Crippen molar-refractivity contribution in [1.82, 2.24) is 5.32 Å². The zero-order valence-corrected chi connectivity index (χ0v) is 15.1. The van der Waals surface area contributed by atoms with Crippen molar-refractivity contribution >= 4 is 33.4 Å². The van der Waals surface area contributed by atoms with Gasteiger partial charge >= 0.3 is 0 Å². The molecule has 1 N–H and O–H groups in total. The molecule has 0 atom stereocenters. The van der Waals surface area contributed by atoms with Crippen LogP contribution in [0, 0.1) is 0 Å². The first-order chi connectivity index (χ1) is 11.6. The summed E-state index contributed by atoms with van der Waals surface area (Å²) in [6.07, 6.45) is 0.317. The fraction of sp³-hybridized carbons (Fsp3) is 0.105. The van der Waals surface area contributed by atoms with Crippen LogP contribution in [-0.2, 0) is 17.8 Å². The second-order valence-electron chi connectivity index (χ2n) is 5.35. The van der Waals surface area contributed by atoms with Gasteiger partial charge in [0.1, 0.15) is 11.5 Å². The van der Waals surface area contributed by atoms with Gasteiger partial charge < -0.3 is 9.73 Å². The van der Waals surface area contributed by atoms with Crippen LogP contribution in [-0.4, -0.2) is 5.91 Å². The second-order valence-corrected chi connectivity index (χ2v) is 6.70. The normalized spacial score (nSPS) is 10.6. The minimum absolute atomic E-state index is 0.0566. The lowest BCUT2D eigenvalue weighted by atomic mass is 10.1. The van der Waals surface area contributed by atoms with Gasteiger partial charge in [-0.1, -0.05) is 51.8 Å². The van der Waals surface area contributed by atoms with Crippen molar-refractivity contribution in [3.63, 3.8) is 0 Å². The number of hydrogen-bond donors (Lipinski definition) is 1. The lowest BCUT2D eigenvalue weighted by Crippen LogP contribution is -2.24. The highest BCUT2D eigenvalue weighted by atomic mass is 79.9. The van der Waals surface area contributed by atoms with Gasteiger partial charge in [-0.3, -0.25) is 4.79 Å². The first kappa shape index (κ1) is 16.8. The topological polar surface area (TPSA) is 42.2 Å². The Kier molecular flexibility index (Phi) is 5.38. The Labute approximate surface area is 153 Å². The predicted octanol–water partition coefficient (Wildman–Crippen LogP) is 5.22. The summed E-state index contributed by atoms with van der Waals surface area (Å²) in [7, 11) is 0. The number of rotatable bonds is 5.